The smallest absolute Gasteiger partial charge is 0.298 e. The minimum absolute atomic E-state index is 0.220. The van der Waals surface area contributed by atoms with Crippen LogP contribution >= 0.6 is 0 Å². The molecule has 0 aliphatic carbocycles. The minimum Gasteiger partial charge on any atom is -0.396 e. The molecule has 0 bridgehead atoms. The van der Waals surface area contributed by atoms with E-state index in [2.05, 4.69) is 5.92 Å². The predicted octanol–water partition coefficient (Wildman–Crippen LogP) is -0.150. The molecule has 1 rings (SSSR count). The highest BCUT2D eigenvalue weighted by molar-refractivity contribution is 5.92. The van der Waals surface area contributed by atoms with Gasteiger partial charge in [-0.25, -0.2) is 0 Å². The zero-order valence-corrected chi connectivity index (χ0v) is 6.99. The minimum atomic E-state index is -0.230. The molecule has 1 heterocycles. The molecule has 0 aromatic carbocycles. The van der Waals surface area contributed by atoms with Gasteiger partial charge in [-0.05, 0) is 24.7 Å². The SMILES string of the molecule is C#CC(=O)N1CCC(CO)CC1. The molecule has 0 radical (unpaired) electrons. The monoisotopic (exact) mass is 167 g/mol. The van der Waals surface area contributed by atoms with Gasteiger partial charge in [0.25, 0.3) is 5.91 Å². The summed E-state index contributed by atoms with van der Waals surface area (Å²) in [5.74, 6) is 2.22. The van der Waals surface area contributed by atoms with Gasteiger partial charge in [-0.15, -0.1) is 6.42 Å². The third kappa shape index (κ3) is 1.99. The molecule has 1 amide bonds. The fraction of sp³-hybridized carbons (Fsp3) is 0.667. The van der Waals surface area contributed by atoms with Crippen LogP contribution in [0.15, 0.2) is 0 Å². The number of amides is 1. The fourth-order valence-electron chi connectivity index (χ4n) is 1.41. The van der Waals surface area contributed by atoms with Gasteiger partial charge in [0, 0.05) is 19.7 Å². The summed E-state index contributed by atoms with van der Waals surface area (Å²) >= 11 is 0. The molecule has 1 aliphatic rings. The highest BCUT2D eigenvalue weighted by atomic mass is 16.3. The van der Waals surface area contributed by atoms with Crippen LogP contribution in [0.1, 0.15) is 12.8 Å². The lowest BCUT2D eigenvalue weighted by molar-refractivity contribution is -0.126. The van der Waals surface area contributed by atoms with Crippen molar-refractivity contribution in [3.8, 4) is 12.3 Å². The highest BCUT2D eigenvalue weighted by Crippen LogP contribution is 2.15. The second-order valence-corrected chi connectivity index (χ2v) is 3.06. The standard InChI is InChI=1S/C9H13NO2/c1-2-9(12)10-5-3-8(7-11)4-6-10/h1,8,11H,3-7H2. The topological polar surface area (TPSA) is 40.5 Å². The molecule has 3 nitrogen and oxygen atoms in total. The molecule has 12 heavy (non-hydrogen) atoms. The summed E-state index contributed by atoms with van der Waals surface area (Å²) in [5, 5.41) is 8.83. The molecule has 3 heteroatoms. The first-order chi connectivity index (χ1) is 5.77. The van der Waals surface area contributed by atoms with Crippen LogP contribution in [-0.4, -0.2) is 35.6 Å². The van der Waals surface area contributed by atoms with Crippen molar-refractivity contribution in [3.63, 3.8) is 0 Å². The predicted molar refractivity (Wildman–Crippen MR) is 45.2 cm³/mol. The lowest BCUT2D eigenvalue weighted by atomic mass is 9.98. The van der Waals surface area contributed by atoms with Crippen LogP contribution in [0, 0.1) is 18.3 Å². The number of terminal acetylenes is 1. The van der Waals surface area contributed by atoms with E-state index in [4.69, 9.17) is 11.5 Å². The quantitative estimate of drug-likeness (QED) is 0.552. The van der Waals surface area contributed by atoms with E-state index in [1.807, 2.05) is 0 Å². The van der Waals surface area contributed by atoms with Gasteiger partial charge in [0.1, 0.15) is 0 Å². The van der Waals surface area contributed by atoms with Crippen molar-refractivity contribution in [1.29, 1.82) is 0 Å². The van der Waals surface area contributed by atoms with Crippen molar-refractivity contribution in [2.45, 2.75) is 12.8 Å². The van der Waals surface area contributed by atoms with Gasteiger partial charge in [-0.3, -0.25) is 4.79 Å². The van der Waals surface area contributed by atoms with Gasteiger partial charge in [0.2, 0.25) is 0 Å². The molecule has 0 saturated carbocycles. The van der Waals surface area contributed by atoms with E-state index in [0.29, 0.717) is 19.0 Å². The number of piperidine rings is 1. The van der Waals surface area contributed by atoms with Crippen LogP contribution in [0.3, 0.4) is 0 Å². The second kappa shape index (κ2) is 4.13. The Kier molecular flexibility index (Phi) is 3.12. The zero-order valence-electron chi connectivity index (χ0n) is 6.99. The normalized spacial score (nSPS) is 18.8. The first-order valence-corrected chi connectivity index (χ1v) is 4.14. The molecular weight excluding hydrogens is 154 g/mol. The average Bonchev–Trinajstić information content (AvgIpc) is 2.17. The number of aliphatic hydroxyl groups excluding tert-OH is 1. The van der Waals surface area contributed by atoms with Gasteiger partial charge < -0.3 is 10.0 Å². The van der Waals surface area contributed by atoms with E-state index >= 15 is 0 Å². The van der Waals surface area contributed by atoms with E-state index in [1.54, 1.807) is 4.90 Å². The van der Waals surface area contributed by atoms with Crippen molar-refractivity contribution in [3.05, 3.63) is 0 Å². The zero-order chi connectivity index (χ0) is 8.97. The highest BCUT2D eigenvalue weighted by Gasteiger charge is 2.20. The third-order valence-electron chi connectivity index (χ3n) is 2.28. The van der Waals surface area contributed by atoms with Crippen molar-refractivity contribution in [1.82, 2.24) is 4.90 Å². The van der Waals surface area contributed by atoms with E-state index in [-0.39, 0.29) is 12.5 Å². The van der Waals surface area contributed by atoms with Crippen LogP contribution in [0.4, 0.5) is 0 Å². The molecule has 0 spiro atoms. The van der Waals surface area contributed by atoms with Gasteiger partial charge in [0.05, 0.1) is 0 Å². The summed E-state index contributed by atoms with van der Waals surface area (Å²) < 4.78 is 0. The maximum absolute atomic E-state index is 11.0. The van der Waals surface area contributed by atoms with Crippen LogP contribution in [-0.2, 0) is 4.79 Å². The van der Waals surface area contributed by atoms with Crippen LogP contribution in [0.5, 0.6) is 0 Å². The van der Waals surface area contributed by atoms with E-state index in [0.717, 1.165) is 12.8 Å². The number of carbonyl (C=O) groups is 1. The summed E-state index contributed by atoms with van der Waals surface area (Å²) in [4.78, 5) is 12.6. The third-order valence-corrected chi connectivity index (χ3v) is 2.28. The van der Waals surface area contributed by atoms with Gasteiger partial charge in [-0.2, -0.15) is 0 Å². The Morgan fingerprint density at radius 2 is 2.17 bits per heavy atom. The molecule has 0 aromatic rings. The maximum Gasteiger partial charge on any atom is 0.298 e. The Morgan fingerprint density at radius 3 is 2.58 bits per heavy atom. The molecule has 1 aliphatic heterocycles. The summed E-state index contributed by atoms with van der Waals surface area (Å²) in [6.07, 6.45) is 6.71. The average molecular weight is 167 g/mol. The Bertz CT molecular complexity index is 199. The lowest BCUT2D eigenvalue weighted by Gasteiger charge is -2.29. The van der Waals surface area contributed by atoms with Crippen LogP contribution in [0.25, 0.3) is 0 Å². The van der Waals surface area contributed by atoms with Crippen molar-refractivity contribution in [2.75, 3.05) is 19.7 Å². The van der Waals surface area contributed by atoms with Crippen molar-refractivity contribution in [2.24, 2.45) is 5.92 Å². The number of carbonyl (C=O) groups excluding carboxylic acids is 1. The summed E-state index contributed by atoms with van der Waals surface area (Å²) in [6.45, 7) is 1.60. The first-order valence-electron chi connectivity index (χ1n) is 4.14. The van der Waals surface area contributed by atoms with Crippen molar-refractivity contribution >= 4 is 5.91 Å². The van der Waals surface area contributed by atoms with Crippen LogP contribution in [0.2, 0.25) is 0 Å². The molecule has 66 valence electrons. The number of likely N-dealkylation sites (tertiary alicyclic amines) is 1. The Balaban J connectivity index is 2.37. The van der Waals surface area contributed by atoms with E-state index in [9.17, 15) is 4.79 Å². The second-order valence-electron chi connectivity index (χ2n) is 3.06. The molecular formula is C9H13NO2. The molecule has 0 atom stereocenters. The van der Waals surface area contributed by atoms with Gasteiger partial charge in [-0.1, -0.05) is 0 Å². The van der Waals surface area contributed by atoms with Gasteiger partial charge >= 0.3 is 0 Å². The number of hydrogen-bond donors (Lipinski definition) is 1. The molecule has 1 fully saturated rings. The number of aliphatic hydroxyl groups is 1. The molecule has 0 unspecified atom stereocenters. The fourth-order valence-corrected chi connectivity index (χ4v) is 1.41. The Hall–Kier alpha value is -1.01. The van der Waals surface area contributed by atoms with Crippen molar-refractivity contribution < 1.29 is 9.90 Å². The number of rotatable bonds is 1. The Labute approximate surface area is 72.4 Å². The largest absolute Gasteiger partial charge is 0.396 e. The first kappa shape index (κ1) is 9.08. The van der Waals surface area contributed by atoms with Gasteiger partial charge in [0.15, 0.2) is 0 Å². The van der Waals surface area contributed by atoms with E-state index in [1.165, 1.54) is 0 Å². The van der Waals surface area contributed by atoms with E-state index < -0.39 is 0 Å². The summed E-state index contributed by atoms with van der Waals surface area (Å²) in [6, 6.07) is 0. The Morgan fingerprint density at radius 1 is 1.58 bits per heavy atom. The summed E-state index contributed by atoms with van der Waals surface area (Å²) in [5.41, 5.74) is 0. The summed E-state index contributed by atoms with van der Waals surface area (Å²) in [7, 11) is 0. The number of hydrogen-bond acceptors (Lipinski definition) is 2. The molecule has 0 aromatic heterocycles. The molecule has 1 N–H and O–H groups in total. The number of nitrogens with zero attached hydrogens (tertiary/aromatic N) is 1. The maximum atomic E-state index is 11.0. The molecule has 1 saturated heterocycles. The lowest BCUT2D eigenvalue weighted by Crippen LogP contribution is -2.38. The van der Waals surface area contributed by atoms with Crippen LogP contribution < -0.4 is 0 Å².